The first-order chi connectivity index (χ1) is 15.4. The van der Waals surface area contributed by atoms with E-state index in [1.165, 1.54) is 0 Å². The highest BCUT2D eigenvalue weighted by molar-refractivity contribution is 5.96. The number of hydrogen-bond donors (Lipinski definition) is 2. The van der Waals surface area contributed by atoms with E-state index in [9.17, 15) is 9.59 Å². The summed E-state index contributed by atoms with van der Waals surface area (Å²) in [4.78, 5) is 29.0. The monoisotopic (exact) mass is 438 g/mol. The van der Waals surface area contributed by atoms with Gasteiger partial charge in [-0.05, 0) is 44.0 Å². The fraction of sp³-hybridized carbons (Fsp3) is 0.440. The molecule has 0 atom stereocenters. The third-order valence-corrected chi connectivity index (χ3v) is 5.64. The zero-order valence-corrected chi connectivity index (χ0v) is 19.3. The van der Waals surface area contributed by atoms with E-state index in [0.29, 0.717) is 13.2 Å². The number of para-hydroxylation sites is 1. The van der Waals surface area contributed by atoms with Gasteiger partial charge in [0.05, 0.1) is 13.1 Å². The van der Waals surface area contributed by atoms with E-state index in [-0.39, 0.29) is 18.4 Å². The highest BCUT2D eigenvalue weighted by Crippen LogP contribution is 2.21. The van der Waals surface area contributed by atoms with Gasteiger partial charge in [-0.15, -0.1) is 0 Å². The standard InChI is InChI=1S/C25H34N4O3/c1-19-15-20(2)25(21(3)16-19)27-23(30)17-26-24(31)18-29-11-9-28(10-12-29)13-14-32-22-7-5-4-6-8-22/h4-8,15-16H,9-14,17-18H2,1-3H3,(H,26,31)(H,27,30). The van der Waals surface area contributed by atoms with Gasteiger partial charge in [-0.3, -0.25) is 19.4 Å². The molecule has 7 nitrogen and oxygen atoms in total. The van der Waals surface area contributed by atoms with E-state index in [2.05, 4.69) is 20.4 Å². The van der Waals surface area contributed by atoms with Crippen LogP contribution in [0.1, 0.15) is 16.7 Å². The summed E-state index contributed by atoms with van der Waals surface area (Å²) in [6, 6.07) is 13.9. The molecule has 0 spiro atoms. The van der Waals surface area contributed by atoms with Crippen LogP contribution in [0.15, 0.2) is 42.5 Å². The molecule has 0 saturated carbocycles. The second-order valence-corrected chi connectivity index (χ2v) is 8.38. The summed E-state index contributed by atoms with van der Waals surface area (Å²) in [6.45, 7) is 11.2. The number of ether oxygens (including phenoxy) is 1. The lowest BCUT2D eigenvalue weighted by Crippen LogP contribution is -2.50. The second kappa shape index (κ2) is 11.6. The van der Waals surface area contributed by atoms with Crippen molar-refractivity contribution >= 4 is 17.5 Å². The molecule has 2 N–H and O–H groups in total. The van der Waals surface area contributed by atoms with Crippen molar-refractivity contribution in [2.45, 2.75) is 20.8 Å². The zero-order chi connectivity index (χ0) is 22.9. The number of anilines is 1. The molecule has 0 aliphatic carbocycles. The molecule has 32 heavy (non-hydrogen) atoms. The maximum Gasteiger partial charge on any atom is 0.243 e. The number of nitrogens with one attached hydrogen (secondary N) is 2. The molecular weight excluding hydrogens is 404 g/mol. The number of aryl methyl sites for hydroxylation is 3. The highest BCUT2D eigenvalue weighted by atomic mass is 16.5. The van der Waals surface area contributed by atoms with E-state index in [1.807, 2.05) is 63.2 Å². The van der Waals surface area contributed by atoms with Crippen LogP contribution in [-0.2, 0) is 9.59 Å². The zero-order valence-electron chi connectivity index (χ0n) is 19.3. The molecule has 1 heterocycles. The minimum Gasteiger partial charge on any atom is -0.492 e. The van der Waals surface area contributed by atoms with Crippen molar-refractivity contribution in [3.8, 4) is 5.75 Å². The summed E-state index contributed by atoms with van der Waals surface area (Å²) in [5.74, 6) is 0.551. The number of benzene rings is 2. The van der Waals surface area contributed by atoms with Crippen LogP contribution in [0.4, 0.5) is 5.69 Å². The van der Waals surface area contributed by atoms with Gasteiger partial charge >= 0.3 is 0 Å². The molecule has 2 aromatic carbocycles. The minimum atomic E-state index is -0.211. The molecule has 2 aromatic rings. The Morgan fingerprint density at radius 1 is 0.906 bits per heavy atom. The fourth-order valence-electron chi connectivity index (χ4n) is 3.98. The van der Waals surface area contributed by atoms with Crippen molar-refractivity contribution in [1.29, 1.82) is 0 Å². The van der Waals surface area contributed by atoms with Crippen LogP contribution in [0.5, 0.6) is 5.75 Å². The molecule has 2 amide bonds. The Balaban J connectivity index is 1.31. The molecule has 1 saturated heterocycles. The average molecular weight is 439 g/mol. The number of carbonyl (C=O) groups is 2. The van der Waals surface area contributed by atoms with Crippen LogP contribution in [-0.4, -0.2) is 74.0 Å². The Morgan fingerprint density at radius 2 is 1.53 bits per heavy atom. The number of piperazine rings is 1. The molecule has 7 heteroatoms. The number of carbonyl (C=O) groups excluding carboxylic acids is 2. The molecule has 0 aromatic heterocycles. The molecule has 1 aliphatic heterocycles. The van der Waals surface area contributed by atoms with Gasteiger partial charge in [-0.2, -0.15) is 0 Å². The maximum atomic E-state index is 12.3. The third kappa shape index (κ3) is 7.35. The number of amides is 2. The third-order valence-electron chi connectivity index (χ3n) is 5.64. The summed E-state index contributed by atoms with van der Waals surface area (Å²) in [7, 11) is 0. The van der Waals surface area contributed by atoms with Crippen LogP contribution in [0.25, 0.3) is 0 Å². The van der Waals surface area contributed by atoms with Gasteiger partial charge < -0.3 is 15.4 Å². The molecule has 3 rings (SSSR count). The topological polar surface area (TPSA) is 73.9 Å². The Kier molecular flexibility index (Phi) is 8.64. The first-order valence-corrected chi connectivity index (χ1v) is 11.2. The highest BCUT2D eigenvalue weighted by Gasteiger charge is 2.19. The van der Waals surface area contributed by atoms with Crippen LogP contribution in [0, 0.1) is 20.8 Å². The molecular formula is C25H34N4O3. The summed E-state index contributed by atoms with van der Waals surface area (Å²) in [5.41, 5.74) is 4.03. The van der Waals surface area contributed by atoms with Crippen LogP contribution >= 0.6 is 0 Å². The number of rotatable bonds is 9. The minimum absolute atomic E-state index is 0.0254. The molecule has 0 unspecified atom stereocenters. The van der Waals surface area contributed by atoms with Gasteiger partial charge in [0.25, 0.3) is 0 Å². The van der Waals surface area contributed by atoms with Gasteiger partial charge in [-0.25, -0.2) is 0 Å². The van der Waals surface area contributed by atoms with Crippen molar-refractivity contribution < 1.29 is 14.3 Å². The lowest BCUT2D eigenvalue weighted by Gasteiger charge is -2.34. The maximum absolute atomic E-state index is 12.3. The first kappa shape index (κ1) is 23.8. The normalized spacial score (nSPS) is 14.7. The quantitative estimate of drug-likeness (QED) is 0.629. The predicted molar refractivity (Wildman–Crippen MR) is 127 cm³/mol. The van der Waals surface area contributed by atoms with Crippen molar-refractivity contribution in [2.24, 2.45) is 0 Å². The number of hydrogen-bond acceptors (Lipinski definition) is 5. The predicted octanol–water partition coefficient (Wildman–Crippen LogP) is 2.36. The SMILES string of the molecule is Cc1cc(C)c(NC(=O)CNC(=O)CN2CCN(CCOc3ccccc3)CC2)c(C)c1. The van der Waals surface area contributed by atoms with E-state index in [0.717, 1.165) is 60.9 Å². The molecule has 172 valence electrons. The Labute approximate surface area is 190 Å². The van der Waals surface area contributed by atoms with E-state index >= 15 is 0 Å². The van der Waals surface area contributed by atoms with Crippen molar-refractivity contribution in [3.63, 3.8) is 0 Å². The van der Waals surface area contributed by atoms with Crippen molar-refractivity contribution in [3.05, 3.63) is 59.2 Å². The van der Waals surface area contributed by atoms with Gasteiger partial charge in [0, 0.05) is 38.4 Å². The van der Waals surface area contributed by atoms with Crippen LogP contribution < -0.4 is 15.4 Å². The van der Waals surface area contributed by atoms with Gasteiger partial charge in [0.15, 0.2) is 0 Å². The lowest BCUT2D eigenvalue weighted by molar-refractivity contribution is -0.125. The smallest absolute Gasteiger partial charge is 0.243 e. The fourth-order valence-corrected chi connectivity index (χ4v) is 3.98. The van der Waals surface area contributed by atoms with Gasteiger partial charge in [0.2, 0.25) is 11.8 Å². The molecule has 0 radical (unpaired) electrons. The largest absolute Gasteiger partial charge is 0.492 e. The van der Waals surface area contributed by atoms with E-state index in [1.54, 1.807) is 0 Å². The molecule has 0 bridgehead atoms. The first-order valence-electron chi connectivity index (χ1n) is 11.2. The Morgan fingerprint density at radius 3 is 2.19 bits per heavy atom. The van der Waals surface area contributed by atoms with Crippen LogP contribution in [0.3, 0.4) is 0 Å². The van der Waals surface area contributed by atoms with Crippen molar-refractivity contribution in [2.75, 3.05) is 57.7 Å². The van der Waals surface area contributed by atoms with Gasteiger partial charge in [-0.1, -0.05) is 35.9 Å². The molecule has 1 fully saturated rings. The van der Waals surface area contributed by atoms with E-state index in [4.69, 9.17) is 4.74 Å². The Hall–Kier alpha value is -2.90. The summed E-state index contributed by atoms with van der Waals surface area (Å²) >= 11 is 0. The van der Waals surface area contributed by atoms with Crippen molar-refractivity contribution in [1.82, 2.24) is 15.1 Å². The van der Waals surface area contributed by atoms with E-state index < -0.39 is 0 Å². The number of nitrogens with zero attached hydrogens (tertiary/aromatic N) is 2. The van der Waals surface area contributed by atoms with Crippen LogP contribution in [0.2, 0.25) is 0 Å². The Bertz CT molecular complexity index is 886. The summed E-state index contributed by atoms with van der Waals surface area (Å²) in [6.07, 6.45) is 0. The molecule has 1 aliphatic rings. The van der Waals surface area contributed by atoms with Gasteiger partial charge in [0.1, 0.15) is 12.4 Å². The summed E-state index contributed by atoms with van der Waals surface area (Å²) in [5, 5.41) is 5.65. The average Bonchev–Trinajstić information content (AvgIpc) is 2.77. The second-order valence-electron chi connectivity index (χ2n) is 8.38. The summed E-state index contributed by atoms with van der Waals surface area (Å²) < 4.78 is 5.76. The lowest BCUT2D eigenvalue weighted by atomic mass is 10.1.